The van der Waals surface area contributed by atoms with E-state index < -0.39 is 13.0 Å². The number of carbonyl (C=O) groups is 1. The number of nitrogens with zero attached hydrogens (tertiary/aromatic N) is 1. The predicted molar refractivity (Wildman–Crippen MR) is 63.7 cm³/mol. The molecule has 102 valence electrons. The van der Waals surface area contributed by atoms with E-state index in [1.807, 2.05) is 6.92 Å². The molecule has 1 amide bonds. The van der Waals surface area contributed by atoms with Crippen LogP contribution in [0.2, 0.25) is 0 Å². The summed E-state index contributed by atoms with van der Waals surface area (Å²) in [5.74, 6) is -0.369. The molecule has 0 aliphatic carbocycles. The van der Waals surface area contributed by atoms with Gasteiger partial charge in [0.15, 0.2) is 0 Å². The van der Waals surface area contributed by atoms with Crippen LogP contribution in [0.5, 0.6) is 0 Å². The fourth-order valence-electron chi connectivity index (χ4n) is 1.70. The van der Waals surface area contributed by atoms with E-state index >= 15 is 0 Å². The molecule has 0 radical (unpaired) electrons. The third kappa shape index (κ3) is 4.44. The third-order valence-corrected chi connectivity index (χ3v) is 2.57. The lowest BCUT2D eigenvalue weighted by atomic mass is 10.2. The first-order valence-electron chi connectivity index (χ1n) is 5.89. The molecule has 0 saturated carbocycles. The molecule has 0 bridgehead atoms. The van der Waals surface area contributed by atoms with Gasteiger partial charge in [0, 0.05) is 18.8 Å². The van der Waals surface area contributed by atoms with Gasteiger partial charge in [0.05, 0.1) is 6.54 Å². The van der Waals surface area contributed by atoms with E-state index in [0.717, 1.165) is 0 Å². The second-order valence-corrected chi connectivity index (χ2v) is 4.18. The summed E-state index contributed by atoms with van der Waals surface area (Å²) in [4.78, 5) is 11.8. The lowest BCUT2D eigenvalue weighted by Crippen LogP contribution is -2.34. The first kappa shape index (κ1) is 14.6. The monoisotopic (exact) mass is 260 g/mol. The lowest BCUT2D eigenvalue weighted by molar-refractivity contribution is 0.0914. The van der Waals surface area contributed by atoms with Gasteiger partial charge < -0.3 is 15.0 Å². The van der Waals surface area contributed by atoms with Gasteiger partial charge in [0.25, 0.3) is 12.3 Å². The minimum Gasteiger partial charge on any atom is -0.396 e. The van der Waals surface area contributed by atoms with Crippen LogP contribution in [-0.4, -0.2) is 34.7 Å². The minimum atomic E-state index is -2.49. The molecule has 1 atom stereocenters. The van der Waals surface area contributed by atoms with Crippen LogP contribution in [0.25, 0.3) is 0 Å². The number of alkyl halides is 2. The predicted octanol–water partition coefficient (Wildman–Crippen LogP) is 1.64. The van der Waals surface area contributed by atoms with Crippen LogP contribution in [0.1, 0.15) is 30.3 Å². The molecular weight excluding hydrogens is 242 g/mol. The minimum absolute atomic E-state index is 0.0714. The van der Waals surface area contributed by atoms with Gasteiger partial charge in [-0.3, -0.25) is 4.79 Å². The van der Waals surface area contributed by atoms with Crippen molar-refractivity contribution in [1.82, 2.24) is 9.88 Å². The van der Waals surface area contributed by atoms with E-state index in [-0.39, 0.29) is 24.2 Å². The number of carbonyl (C=O) groups excluding carboxylic acids is 1. The zero-order valence-electron chi connectivity index (χ0n) is 10.3. The van der Waals surface area contributed by atoms with Gasteiger partial charge in [0.2, 0.25) is 0 Å². The Labute approximate surface area is 105 Å². The summed E-state index contributed by atoms with van der Waals surface area (Å²) >= 11 is 0. The van der Waals surface area contributed by atoms with Crippen LogP contribution >= 0.6 is 0 Å². The van der Waals surface area contributed by atoms with E-state index in [0.29, 0.717) is 12.8 Å². The maximum atomic E-state index is 12.3. The molecule has 0 saturated heterocycles. The van der Waals surface area contributed by atoms with Crippen LogP contribution in [0.4, 0.5) is 8.78 Å². The Morgan fingerprint density at radius 3 is 2.89 bits per heavy atom. The van der Waals surface area contributed by atoms with E-state index in [4.69, 9.17) is 5.11 Å². The Hall–Kier alpha value is -1.43. The molecule has 0 spiro atoms. The molecule has 18 heavy (non-hydrogen) atoms. The standard InChI is InChI=1S/C12H18F2N2O2/c1-9(4-3-7-17)15-12(18)10-5-2-6-16(10)8-11(13)14/h2,5-6,9,11,17H,3-4,7-8H2,1H3,(H,15,18). The normalized spacial score (nSPS) is 12.7. The maximum absolute atomic E-state index is 12.3. The molecule has 0 aliphatic heterocycles. The van der Waals surface area contributed by atoms with Crippen LogP contribution in [0.15, 0.2) is 18.3 Å². The molecule has 1 unspecified atom stereocenters. The van der Waals surface area contributed by atoms with Gasteiger partial charge in [-0.1, -0.05) is 0 Å². The maximum Gasteiger partial charge on any atom is 0.268 e. The molecule has 4 nitrogen and oxygen atoms in total. The highest BCUT2D eigenvalue weighted by molar-refractivity contribution is 5.92. The van der Waals surface area contributed by atoms with Crippen molar-refractivity contribution < 1.29 is 18.7 Å². The van der Waals surface area contributed by atoms with Crippen LogP contribution in [0, 0.1) is 0 Å². The number of aromatic nitrogens is 1. The highest BCUT2D eigenvalue weighted by atomic mass is 19.3. The molecule has 1 aromatic rings. The number of hydrogen-bond acceptors (Lipinski definition) is 2. The summed E-state index contributed by atoms with van der Waals surface area (Å²) in [6.07, 6.45) is 0.215. The van der Waals surface area contributed by atoms with E-state index in [2.05, 4.69) is 5.32 Å². The van der Waals surface area contributed by atoms with Gasteiger partial charge in [-0.05, 0) is 31.9 Å². The third-order valence-electron chi connectivity index (χ3n) is 2.57. The van der Waals surface area contributed by atoms with E-state index in [1.54, 1.807) is 6.07 Å². The fraction of sp³-hybridized carbons (Fsp3) is 0.583. The summed E-state index contributed by atoms with van der Waals surface area (Å²) in [5.41, 5.74) is 0.228. The van der Waals surface area contributed by atoms with Crippen molar-refractivity contribution in [2.75, 3.05) is 6.61 Å². The van der Waals surface area contributed by atoms with Crippen molar-refractivity contribution in [3.05, 3.63) is 24.0 Å². The number of halogens is 2. The summed E-state index contributed by atoms with van der Waals surface area (Å²) in [7, 11) is 0. The van der Waals surface area contributed by atoms with Crippen molar-refractivity contribution in [3.8, 4) is 0 Å². The van der Waals surface area contributed by atoms with Gasteiger partial charge in [-0.2, -0.15) is 0 Å². The Morgan fingerprint density at radius 2 is 2.28 bits per heavy atom. The Balaban J connectivity index is 2.58. The molecule has 6 heteroatoms. The highest BCUT2D eigenvalue weighted by Gasteiger charge is 2.15. The first-order valence-corrected chi connectivity index (χ1v) is 5.89. The number of hydrogen-bond donors (Lipinski definition) is 2. The summed E-state index contributed by atoms with van der Waals surface area (Å²) < 4.78 is 25.8. The van der Waals surface area contributed by atoms with Crippen molar-refractivity contribution in [1.29, 1.82) is 0 Å². The molecule has 0 fully saturated rings. The number of amides is 1. The summed E-state index contributed by atoms with van der Waals surface area (Å²) in [6.45, 7) is 1.40. The van der Waals surface area contributed by atoms with Crippen molar-refractivity contribution in [2.24, 2.45) is 0 Å². The van der Waals surface area contributed by atoms with Crippen LogP contribution in [0.3, 0.4) is 0 Å². The highest BCUT2D eigenvalue weighted by Crippen LogP contribution is 2.07. The van der Waals surface area contributed by atoms with Crippen molar-refractivity contribution in [2.45, 2.75) is 38.8 Å². The molecule has 0 aromatic carbocycles. The zero-order valence-corrected chi connectivity index (χ0v) is 10.3. The number of rotatable bonds is 7. The van der Waals surface area contributed by atoms with E-state index in [1.165, 1.54) is 16.8 Å². The number of aliphatic hydroxyl groups excluding tert-OH is 1. The largest absolute Gasteiger partial charge is 0.396 e. The Kier molecular flexibility index (Phi) is 5.77. The second kappa shape index (κ2) is 7.10. The van der Waals surface area contributed by atoms with Gasteiger partial charge >= 0.3 is 0 Å². The molecule has 1 rings (SSSR count). The summed E-state index contributed by atoms with van der Waals surface area (Å²) in [5, 5.41) is 11.4. The van der Waals surface area contributed by atoms with Crippen molar-refractivity contribution in [3.63, 3.8) is 0 Å². The quantitative estimate of drug-likeness (QED) is 0.783. The molecule has 2 N–H and O–H groups in total. The van der Waals surface area contributed by atoms with Gasteiger partial charge in [-0.15, -0.1) is 0 Å². The number of nitrogens with one attached hydrogen (secondary N) is 1. The molecule has 1 aromatic heterocycles. The Morgan fingerprint density at radius 1 is 1.56 bits per heavy atom. The zero-order chi connectivity index (χ0) is 13.5. The fourth-order valence-corrected chi connectivity index (χ4v) is 1.70. The molecule has 0 aliphatic rings. The average molecular weight is 260 g/mol. The lowest BCUT2D eigenvalue weighted by Gasteiger charge is -2.14. The second-order valence-electron chi connectivity index (χ2n) is 4.18. The Bertz CT molecular complexity index is 380. The summed E-state index contributed by atoms with van der Waals surface area (Å²) in [6, 6.07) is 2.98. The topological polar surface area (TPSA) is 54.3 Å². The average Bonchev–Trinajstić information content (AvgIpc) is 2.73. The van der Waals surface area contributed by atoms with Crippen LogP contribution in [-0.2, 0) is 6.54 Å². The SMILES string of the molecule is CC(CCCO)NC(=O)c1cccn1CC(F)F. The van der Waals surface area contributed by atoms with Crippen LogP contribution < -0.4 is 5.32 Å². The van der Waals surface area contributed by atoms with Gasteiger partial charge in [-0.25, -0.2) is 8.78 Å². The van der Waals surface area contributed by atoms with Gasteiger partial charge in [0.1, 0.15) is 5.69 Å². The smallest absolute Gasteiger partial charge is 0.268 e. The van der Waals surface area contributed by atoms with E-state index in [9.17, 15) is 13.6 Å². The van der Waals surface area contributed by atoms with Crippen molar-refractivity contribution >= 4 is 5.91 Å². The molecule has 1 heterocycles. The first-order chi connectivity index (χ1) is 8.54. The molecular formula is C12H18F2N2O2. The number of aliphatic hydroxyl groups is 1.